The fourth-order valence-electron chi connectivity index (χ4n) is 3.96. The van der Waals surface area contributed by atoms with Gasteiger partial charge in [-0.15, -0.1) is 0 Å². The van der Waals surface area contributed by atoms with Crippen LogP contribution in [0.4, 0.5) is 13.6 Å². The minimum Gasteiger partial charge on any atom is -0.444 e. The highest BCUT2D eigenvalue weighted by molar-refractivity contribution is 5.93. The van der Waals surface area contributed by atoms with E-state index in [1.165, 1.54) is 6.07 Å². The molecule has 2 N–H and O–H groups in total. The summed E-state index contributed by atoms with van der Waals surface area (Å²) in [6.07, 6.45) is 1.69. The number of hydrogen-bond donors (Lipinski definition) is 2. The number of halogens is 2. The fraction of sp³-hybridized carbons (Fsp3) is 0.379. The lowest BCUT2D eigenvalue weighted by Gasteiger charge is -2.24. The van der Waals surface area contributed by atoms with E-state index < -0.39 is 58.6 Å². The Balaban J connectivity index is 2.12. The molecule has 0 saturated carbocycles. The Labute approximate surface area is 230 Å². The van der Waals surface area contributed by atoms with Crippen LogP contribution in [-0.2, 0) is 17.8 Å². The topological polar surface area (TPSA) is 111 Å². The predicted octanol–water partition coefficient (Wildman–Crippen LogP) is 4.13. The second-order valence-electron chi connectivity index (χ2n) is 10.3. The number of nitrogens with zero attached hydrogens (tertiary/aromatic N) is 2. The molecule has 1 atom stereocenters. The molecule has 0 bridgehead atoms. The Kier molecular flexibility index (Phi) is 9.98. The highest BCUT2D eigenvalue weighted by Crippen LogP contribution is 2.17. The van der Waals surface area contributed by atoms with E-state index >= 15 is 0 Å². The van der Waals surface area contributed by atoms with Gasteiger partial charge in [-0.1, -0.05) is 49.7 Å². The first-order valence-corrected chi connectivity index (χ1v) is 13.0. The van der Waals surface area contributed by atoms with Gasteiger partial charge in [0.1, 0.15) is 22.8 Å². The summed E-state index contributed by atoms with van der Waals surface area (Å²) in [4.78, 5) is 52.6. The molecule has 3 aromatic rings. The summed E-state index contributed by atoms with van der Waals surface area (Å²) in [6.45, 7) is 6.35. The number of nitrogens with one attached hydrogen (secondary N) is 2. The van der Waals surface area contributed by atoms with Crippen molar-refractivity contribution in [2.75, 3.05) is 6.54 Å². The summed E-state index contributed by atoms with van der Waals surface area (Å²) in [5.74, 6) is -2.49. The molecule has 0 aliphatic carbocycles. The lowest BCUT2D eigenvalue weighted by Crippen LogP contribution is -2.47. The van der Waals surface area contributed by atoms with Crippen LogP contribution in [0.1, 0.15) is 68.1 Å². The standard InChI is InChI=1S/C29H34F2N4O5/c1-5-6-15-32-25(36)21-17-34(16-20-22(30)13-10-14-23(20)31)28(39)35(26(21)37)18-24(19-11-8-7-9-12-19)33-27(38)40-29(2,3)4/h7-14,17,24H,5-6,15-16,18H2,1-4H3,(H,32,36)(H,33,38)/t24-/m0/s1. The van der Waals surface area contributed by atoms with Gasteiger partial charge in [0.25, 0.3) is 11.5 Å². The largest absolute Gasteiger partial charge is 0.444 e. The predicted molar refractivity (Wildman–Crippen MR) is 146 cm³/mol. The van der Waals surface area contributed by atoms with Gasteiger partial charge in [-0.3, -0.25) is 18.7 Å². The van der Waals surface area contributed by atoms with Crippen molar-refractivity contribution in [1.29, 1.82) is 0 Å². The summed E-state index contributed by atoms with van der Waals surface area (Å²) < 4.78 is 36.0. The number of carbonyl (C=O) groups excluding carboxylic acids is 2. The number of hydrogen-bond acceptors (Lipinski definition) is 5. The quantitative estimate of drug-likeness (QED) is 0.365. The molecular weight excluding hydrogens is 522 g/mol. The Morgan fingerprint density at radius 1 is 1.00 bits per heavy atom. The number of ether oxygens (including phenoxy) is 1. The van der Waals surface area contributed by atoms with E-state index in [4.69, 9.17) is 4.74 Å². The molecular formula is C29H34F2N4O5. The SMILES string of the molecule is CCCCNC(=O)c1cn(Cc2c(F)cccc2F)c(=O)n(C[C@H](NC(=O)OC(C)(C)C)c2ccccc2)c1=O. The van der Waals surface area contributed by atoms with Crippen LogP contribution in [0.5, 0.6) is 0 Å². The first-order chi connectivity index (χ1) is 18.9. The summed E-state index contributed by atoms with van der Waals surface area (Å²) in [7, 11) is 0. The van der Waals surface area contributed by atoms with Gasteiger partial charge in [0.05, 0.1) is 19.1 Å². The van der Waals surface area contributed by atoms with Crippen LogP contribution in [0.3, 0.4) is 0 Å². The van der Waals surface area contributed by atoms with Gasteiger partial charge in [-0.05, 0) is 44.9 Å². The van der Waals surface area contributed by atoms with E-state index in [-0.39, 0.29) is 12.1 Å². The third-order valence-electron chi connectivity index (χ3n) is 5.95. The van der Waals surface area contributed by atoms with Crippen LogP contribution in [0.15, 0.2) is 64.3 Å². The monoisotopic (exact) mass is 556 g/mol. The molecule has 1 heterocycles. The maximum atomic E-state index is 14.5. The van der Waals surface area contributed by atoms with Crippen LogP contribution in [0.2, 0.25) is 0 Å². The fourth-order valence-corrected chi connectivity index (χ4v) is 3.96. The Bertz CT molecular complexity index is 1440. The first-order valence-electron chi connectivity index (χ1n) is 13.0. The van der Waals surface area contributed by atoms with Crippen LogP contribution < -0.4 is 21.9 Å². The van der Waals surface area contributed by atoms with Crippen molar-refractivity contribution in [3.8, 4) is 0 Å². The van der Waals surface area contributed by atoms with Crippen LogP contribution in [0.25, 0.3) is 0 Å². The smallest absolute Gasteiger partial charge is 0.408 e. The summed E-state index contributed by atoms with van der Waals surface area (Å²) in [5.41, 5.74) is -2.85. The zero-order valence-electron chi connectivity index (χ0n) is 23.0. The van der Waals surface area contributed by atoms with Gasteiger partial charge in [-0.2, -0.15) is 0 Å². The third kappa shape index (κ3) is 7.87. The maximum Gasteiger partial charge on any atom is 0.408 e. The Morgan fingerprint density at radius 2 is 1.65 bits per heavy atom. The van der Waals surface area contributed by atoms with Crippen molar-refractivity contribution >= 4 is 12.0 Å². The van der Waals surface area contributed by atoms with Crippen molar-refractivity contribution in [3.63, 3.8) is 0 Å². The molecule has 214 valence electrons. The number of benzene rings is 2. The van der Waals surface area contributed by atoms with Crippen LogP contribution >= 0.6 is 0 Å². The molecule has 0 aliphatic heterocycles. The summed E-state index contributed by atoms with van der Waals surface area (Å²) in [6, 6.07) is 11.0. The van der Waals surface area contributed by atoms with Gasteiger partial charge in [0.2, 0.25) is 0 Å². The number of rotatable bonds is 10. The van der Waals surface area contributed by atoms with Crippen molar-refractivity contribution in [3.05, 3.63) is 104 Å². The molecule has 0 radical (unpaired) electrons. The lowest BCUT2D eigenvalue weighted by atomic mass is 10.1. The van der Waals surface area contributed by atoms with Crippen molar-refractivity contribution in [2.24, 2.45) is 0 Å². The zero-order valence-corrected chi connectivity index (χ0v) is 23.0. The Hall–Kier alpha value is -4.28. The molecule has 0 fully saturated rings. The second kappa shape index (κ2) is 13.2. The van der Waals surface area contributed by atoms with Crippen LogP contribution in [-0.4, -0.2) is 33.3 Å². The molecule has 0 unspecified atom stereocenters. The molecule has 2 aromatic carbocycles. The van der Waals surface area contributed by atoms with Gasteiger partial charge in [0, 0.05) is 18.3 Å². The summed E-state index contributed by atoms with van der Waals surface area (Å²) in [5, 5.41) is 5.32. The molecule has 0 spiro atoms. The van der Waals surface area contributed by atoms with Gasteiger partial charge in [-0.25, -0.2) is 18.4 Å². The van der Waals surface area contributed by atoms with Crippen LogP contribution in [0, 0.1) is 11.6 Å². The van der Waals surface area contributed by atoms with E-state index in [1.54, 1.807) is 51.1 Å². The number of aromatic nitrogens is 2. The molecule has 0 aliphatic rings. The van der Waals surface area contributed by atoms with E-state index in [0.29, 0.717) is 18.5 Å². The highest BCUT2D eigenvalue weighted by Gasteiger charge is 2.25. The molecule has 1 aromatic heterocycles. The van der Waals surface area contributed by atoms with Gasteiger partial charge >= 0.3 is 11.8 Å². The lowest BCUT2D eigenvalue weighted by molar-refractivity contribution is 0.0497. The van der Waals surface area contributed by atoms with E-state index in [2.05, 4.69) is 10.6 Å². The van der Waals surface area contributed by atoms with Gasteiger partial charge in [0.15, 0.2) is 0 Å². The molecule has 3 rings (SSSR count). The van der Waals surface area contributed by atoms with Crippen molar-refractivity contribution in [1.82, 2.24) is 19.8 Å². The number of carbonyl (C=O) groups is 2. The second-order valence-corrected chi connectivity index (χ2v) is 10.3. The number of alkyl carbamates (subject to hydrolysis) is 1. The minimum absolute atomic E-state index is 0.294. The molecule has 9 nitrogen and oxygen atoms in total. The van der Waals surface area contributed by atoms with E-state index in [0.717, 1.165) is 33.9 Å². The number of unbranched alkanes of at least 4 members (excludes halogenated alkanes) is 1. The molecule has 11 heteroatoms. The molecule has 0 saturated heterocycles. The van der Waals surface area contributed by atoms with E-state index in [1.807, 2.05) is 6.92 Å². The van der Waals surface area contributed by atoms with Crippen molar-refractivity contribution in [2.45, 2.75) is 65.3 Å². The maximum absolute atomic E-state index is 14.5. The van der Waals surface area contributed by atoms with E-state index in [9.17, 15) is 28.0 Å². The minimum atomic E-state index is -0.918. The number of amides is 2. The average Bonchev–Trinajstić information content (AvgIpc) is 2.88. The first kappa shape index (κ1) is 30.3. The summed E-state index contributed by atoms with van der Waals surface area (Å²) >= 11 is 0. The Morgan fingerprint density at radius 3 is 2.25 bits per heavy atom. The van der Waals surface area contributed by atoms with Crippen molar-refractivity contribution < 1.29 is 23.1 Å². The third-order valence-corrected chi connectivity index (χ3v) is 5.95. The van der Waals surface area contributed by atoms with Gasteiger partial charge < -0.3 is 15.4 Å². The normalized spacial score (nSPS) is 12.1. The highest BCUT2D eigenvalue weighted by atomic mass is 19.1. The zero-order chi connectivity index (χ0) is 29.4. The molecule has 40 heavy (non-hydrogen) atoms. The average molecular weight is 557 g/mol. The molecule has 2 amide bonds.